The third-order valence-electron chi connectivity index (χ3n) is 6.66. The van der Waals surface area contributed by atoms with Crippen LogP contribution in [0.25, 0.3) is 0 Å². The summed E-state index contributed by atoms with van der Waals surface area (Å²) in [6, 6.07) is -0.560. The largest absolute Gasteiger partial charge is 0.464 e. The topological polar surface area (TPSA) is 129 Å². The molecule has 0 aromatic carbocycles. The lowest BCUT2D eigenvalue weighted by molar-refractivity contribution is -0.207. The molecule has 0 bridgehead atoms. The van der Waals surface area contributed by atoms with Gasteiger partial charge in [0.2, 0.25) is 0 Å². The number of hydrogen-bond acceptors (Lipinski definition) is 10. The van der Waals surface area contributed by atoms with Gasteiger partial charge in [-0.15, -0.1) is 0 Å². The molecule has 2 rings (SSSR count). The van der Waals surface area contributed by atoms with E-state index in [-0.39, 0.29) is 19.8 Å². The van der Waals surface area contributed by atoms with Gasteiger partial charge in [0.05, 0.1) is 6.04 Å². The van der Waals surface area contributed by atoms with Gasteiger partial charge in [-0.25, -0.2) is 0 Å². The first kappa shape index (κ1) is 28.0. The zero-order valence-electron chi connectivity index (χ0n) is 20.7. The van der Waals surface area contributed by atoms with E-state index in [0.717, 1.165) is 38.5 Å². The van der Waals surface area contributed by atoms with Crippen LogP contribution >= 0.6 is 0 Å². The quantitative estimate of drug-likeness (QED) is 0.360. The summed E-state index contributed by atoms with van der Waals surface area (Å²) in [5.74, 6) is -1.12. The normalized spacial score (nSPS) is 29.7. The molecule has 0 spiro atoms. The van der Waals surface area contributed by atoms with Crippen molar-refractivity contribution in [2.75, 3.05) is 26.3 Å². The average Bonchev–Trinajstić information content (AvgIpc) is 2.74. The minimum absolute atomic E-state index is 0.0545. The highest BCUT2D eigenvalue weighted by atomic mass is 16.6. The summed E-state index contributed by atoms with van der Waals surface area (Å²) in [7, 11) is 0. The number of carbonyl (C=O) groups excluding carboxylic acids is 4. The van der Waals surface area contributed by atoms with Crippen LogP contribution in [0.15, 0.2) is 0 Å². The van der Waals surface area contributed by atoms with E-state index in [0.29, 0.717) is 18.4 Å². The van der Waals surface area contributed by atoms with Gasteiger partial charge in [-0.05, 0) is 31.2 Å². The fourth-order valence-electron chi connectivity index (χ4n) is 5.10. The van der Waals surface area contributed by atoms with Crippen LogP contribution in [-0.4, -0.2) is 84.5 Å². The van der Waals surface area contributed by atoms with Crippen molar-refractivity contribution in [3.8, 4) is 0 Å². The predicted molar refractivity (Wildman–Crippen MR) is 120 cm³/mol. The van der Waals surface area contributed by atoms with Gasteiger partial charge >= 0.3 is 23.9 Å². The highest BCUT2D eigenvalue weighted by Crippen LogP contribution is 2.34. The monoisotopic (exact) mass is 485 g/mol. The molecule has 10 nitrogen and oxygen atoms in total. The van der Waals surface area contributed by atoms with Crippen molar-refractivity contribution in [2.45, 2.75) is 90.6 Å². The second kappa shape index (κ2) is 13.6. The number of nitrogens with zero attached hydrogens (tertiary/aromatic N) is 1. The van der Waals surface area contributed by atoms with Gasteiger partial charge in [-0.2, -0.15) is 0 Å². The van der Waals surface area contributed by atoms with Crippen molar-refractivity contribution in [3.63, 3.8) is 0 Å². The second-order valence-corrected chi connectivity index (χ2v) is 9.35. The first-order valence-electron chi connectivity index (χ1n) is 12.1. The van der Waals surface area contributed by atoms with E-state index in [4.69, 9.17) is 18.9 Å². The summed E-state index contributed by atoms with van der Waals surface area (Å²) >= 11 is 0. The number of piperidine rings is 1. The summed E-state index contributed by atoms with van der Waals surface area (Å²) in [4.78, 5) is 49.1. The molecule has 0 aromatic heterocycles. The summed E-state index contributed by atoms with van der Waals surface area (Å²) in [6.07, 6.45) is 3.21. The average molecular weight is 486 g/mol. The molecule has 1 heterocycles. The van der Waals surface area contributed by atoms with Crippen LogP contribution in [0.4, 0.5) is 0 Å². The van der Waals surface area contributed by atoms with Crippen molar-refractivity contribution in [2.24, 2.45) is 11.8 Å². The smallest absolute Gasteiger partial charge is 0.303 e. The van der Waals surface area contributed by atoms with Crippen LogP contribution in [0.2, 0.25) is 0 Å². The Kier molecular flexibility index (Phi) is 11.2. The number of aliphatic hydroxyl groups excluding tert-OH is 1. The molecule has 4 atom stereocenters. The molecule has 194 valence electrons. The Hall–Kier alpha value is -2.20. The van der Waals surface area contributed by atoms with E-state index in [1.165, 1.54) is 27.7 Å². The molecule has 1 aliphatic heterocycles. The minimum atomic E-state index is -1.02. The number of esters is 4. The Labute approximate surface area is 201 Å². The van der Waals surface area contributed by atoms with Gasteiger partial charge in [-0.3, -0.25) is 24.1 Å². The molecular weight excluding hydrogens is 446 g/mol. The van der Waals surface area contributed by atoms with Gasteiger partial charge < -0.3 is 24.1 Å². The molecule has 1 N–H and O–H groups in total. The molecule has 0 aromatic rings. The molecule has 2 aliphatic rings. The molecule has 0 amide bonds. The standard InChI is InChI=1S/C24H39NO9/c1-15(27)31-14-21-23(33-17(3)29)24(34-18(4)30)22(32-16(2)28)13-25(21)11-9-19-5-7-20(8-6-19)10-12-26/h19-24,26H,5-14H2,1-4H3/t19?,20?,21-,22+,23-,24-/m1/s1. The number of likely N-dealkylation sites (tertiary alicyclic amines) is 1. The first-order valence-corrected chi connectivity index (χ1v) is 12.1. The van der Waals surface area contributed by atoms with E-state index < -0.39 is 48.2 Å². The number of hydrogen-bond donors (Lipinski definition) is 1. The zero-order valence-corrected chi connectivity index (χ0v) is 20.7. The molecule has 1 saturated heterocycles. The molecule has 0 unspecified atom stereocenters. The zero-order chi connectivity index (χ0) is 25.3. The third kappa shape index (κ3) is 8.87. The number of rotatable bonds is 10. The maximum Gasteiger partial charge on any atom is 0.303 e. The Bertz CT molecular complexity index is 705. The van der Waals surface area contributed by atoms with Crippen LogP contribution in [0.5, 0.6) is 0 Å². The summed E-state index contributed by atoms with van der Waals surface area (Å²) in [6.45, 7) is 6.08. The van der Waals surface area contributed by atoms with Crippen LogP contribution in [-0.2, 0) is 38.1 Å². The summed E-state index contributed by atoms with van der Waals surface area (Å²) in [5, 5.41) is 9.18. The van der Waals surface area contributed by atoms with Gasteiger partial charge in [0.25, 0.3) is 0 Å². The molecule has 10 heteroatoms. The Balaban J connectivity index is 2.21. The van der Waals surface area contributed by atoms with Gasteiger partial charge in [0.15, 0.2) is 18.3 Å². The van der Waals surface area contributed by atoms with Gasteiger partial charge in [0, 0.05) is 40.8 Å². The summed E-state index contributed by atoms with van der Waals surface area (Å²) in [5.41, 5.74) is 0. The van der Waals surface area contributed by atoms with E-state index in [2.05, 4.69) is 0 Å². The molecule has 2 fully saturated rings. The first-order chi connectivity index (χ1) is 16.1. The Morgan fingerprint density at radius 2 is 1.29 bits per heavy atom. The minimum Gasteiger partial charge on any atom is -0.464 e. The lowest BCUT2D eigenvalue weighted by Gasteiger charge is -2.47. The van der Waals surface area contributed by atoms with Crippen molar-refractivity contribution < 1.29 is 43.2 Å². The highest BCUT2D eigenvalue weighted by Gasteiger charge is 2.49. The van der Waals surface area contributed by atoms with Crippen LogP contribution in [0.3, 0.4) is 0 Å². The molecule has 1 aliphatic carbocycles. The predicted octanol–water partition coefficient (Wildman–Crippen LogP) is 1.61. The van der Waals surface area contributed by atoms with Crippen molar-refractivity contribution in [3.05, 3.63) is 0 Å². The van der Waals surface area contributed by atoms with E-state index >= 15 is 0 Å². The van der Waals surface area contributed by atoms with Gasteiger partial charge in [-0.1, -0.05) is 25.7 Å². The Morgan fingerprint density at radius 1 is 0.765 bits per heavy atom. The number of carbonyl (C=O) groups is 4. The van der Waals surface area contributed by atoms with E-state index in [1.807, 2.05) is 4.90 Å². The lowest BCUT2D eigenvalue weighted by Crippen LogP contribution is -2.65. The maximum atomic E-state index is 11.9. The van der Waals surface area contributed by atoms with Crippen LogP contribution in [0.1, 0.15) is 66.2 Å². The van der Waals surface area contributed by atoms with Crippen molar-refractivity contribution >= 4 is 23.9 Å². The molecule has 1 saturated carbocycles. The van der Waals surface area contributed by atoms with Crippen LogP contribution in [0, 0.1) is 11.8 Å². The number of ether oxygens (including phenoxy) is 4. The van der Waals surface area contributed by atoms with Crippen molar-refractivity contribution in [1.29, 1.82) is 0 Å². The van der Waals surface area contributed by atoms with E-state index in [1.54, 1.807) is 0 Å². The molecule has 34 heavy (non-hydrogen) atoms. The van der Waals surface area contributed by atoms with Crippen molar-refractivity contribution in [1.82, 2.24) is 4.90 Å². The maximum absolute atomic E-state index is 11.9. The molecular formula is C24H39NO9. The van der Waals surface area contributed by atoms with E-state index in [9.17, 15) is 24.3 Å². The fraction of sp³-hybridized carbons (Fsp3) is 0.833. The fourth-order valence-corrected chi connectivity index (χ4v) is 5.10. The second-order valence-electron chi connectivity index (χ2n) is 9.35. The van der Waals surface area contributed by atoms with Crippen LogP contribution < -0.4 is 0 Å². The SMILES string of the molecule is CC(=O)OC[C@@H]1[C@@H](OC(C)=O)[C@H](OC(C)=O)[C@@H](OC(C)=O)CN1CCC1CCC(CCO)CC1. The summed E-state index contributed by atoms with van der Waals surface area (Å²) < 4.78 is 21.8. The lowest BCUT2D eigenvalue weighted by atomic mass is 9.79. The van der Waals surface area contributed by atoms with Gasteiger partial charge in [0.1, 0.15) is 6.61 Å². The molecule has 0 radical (unpaired) electrons. The Morgan fingerprint density at radius 3 is 1.79 bits per heavy atom. The third-order valence-corrected chi connectivity index (χ3v) is 6.66. The highest BCUT2D eigenvalue weighted by molar-refractivity contribution is 5.68. The number of aliphatic hydroxyl groups is 1.